The second kappa shape index (κ2) is 7.98. The maximum Gasteiger partial charge on any atom is 0.269 e. The van der Waals surface area contributed by atoms with Crippen LogP contribution in [0.3, 0.4) is 0 Å². The summed E-state index contributed by atoms with van der Waals surface area (Å²) in [5, 5.41) is 23.9. The molecule has 6 nitrogen and oxygen atoms in total. The van der Waals surface area contributed by atoms with Gasteiger partial charge in [-0.1, -0.05) is 18.6 Å². The summed E-state index contributed by atoms with van der Waals surface area (Å²) in [4.78, 5) is 10.2. The van der Waals surface area contributed by atoms with Gasteiger partial charge in [0.25, 0.3) is 5.69 Å². The first kappa shape index (κ1) is 17.2. The molecule has 6 heteroatoms. The van der Waals surface area contributed by atoms with Crippen molar-refractivity contribution in [1.29, 1.82) is 0 Å². The number of ether oxygens (including phenoxy) is 1. The molecule has 0 radical (unpaired) electrons. The number of non-ortho nitro benzene ring substituents is 1. The van der Waals surface area contributed by atoms with Crippen LogP contribution >= 0.6 is 0 Å². The van der Waals surface area contributed by atoms with E-state index in [0.29, 0.717) is 6.54 Å². The molecule has 1 aliphatic carbocycles. The lowest BCUT2D eigenvalue weighted by Gasteiger charge is -2.28. The molecule has 0 bridgehead atoms. The zero-order valence-electron chi connectivity index (χ0n) is 13.9. The molecule has 132 valence electrons. The molecule has 0 amide bonds. The molecule has 1 fully saturated rings. The van der Waals surface area contributed by atoms with E-state index in [9.17, 15) is 15.2 Å². The number of nitrogens with zero attached hydrogens (tertiary/aromatic N) is 1. The lowest BCUT2D eigenvalue weighted by atomic mass is 9.95. The van der Waals surface area contributed by atoms with E-state index in [1.54, 1.807) is 12.1 Å². The lowest BCUT2D eigenvalue weighted by molar-refractivity contribution is -0.384. The van der Waals surface area contributed by atoms with Gasteiger partial charge in [-0.05, 0) is 49.1 Å². The minimum atomic E-state index is -0.404. The highest BCUT2D eigenvalue weighted by Gasteiger charge is 2.24. The van der Waals surface area contributed by atoms with Crippen LogP contribution in [0.25, 0.3) is 0 Å². The topological polar surface area (TPSA) is 84.6 Å². The SMILES string of the molecule is O=[N+]([O-])c1ccc(CNc2ccc(OC3CCCCC3O)cc2)cc1. The lowest BCUT2D eigenvalue weighted by Crippen LogP contribution is -2.34. The van der Waals surface area contributed by atoms with Gasteiger partial charge in [-0.15, -0.1) is 0 Å². The molecule has 2 unspecified atom stereocenters. The summed E-state index contributed by atoms with van der Waals surface area (Å²) in [6, 6.07) is 14.1. The van der Waals surface area contributed by atoms with Crippen LogP contribution in [0.2, 0.25) is 0 Å². The van der Waals surface area contributed by atoms with Gasteiger partial charge in [0.15, 0.2) is 0 Å². The number of nitrogens with one attached hydrogen (secondary N) is 1. The van der Waals surface area contributed by atoms with Crippen LogP contribution in [0.1, 0.15) is 31.2 Å². The number of nitro groups is 1. The van der Waals surface area contributed by atoms with Crippen LogP contribution in [0.5, 0.6) is 5.75 Å². The van der Waals surface area contributed by atoms with Gasteiger partial charge in [0, 0.05) is 24.4 Å². The molecule has 3 rings (SSSR count). The molecule has 0 saturated heterocycles. The monoisotopic (exact) mass is 342 g/mol. The molecule has 2 aromatic carbocycles. The predicted octanol–water partition coefficient (Wildman–Crippen LogP) is 3.89. The standard InChI is InChI=1S/C19H22N2O4/c22-18-3-1-2-4-19(18)25-17-11-7-15(8-12-17)20-13-14-5-9-16(10-6-14)21(23)24/h5-12,18-20,22H,1-4,13H2. The molecule has 0 heterocycles. The summed E-state index contributed by atoms with van der Waals surface area (Å²) >= 11 is 0. The van der Waals surface area contributed by atoms with Crippen LogP contribution in [0, 0.1) is 10.1 Å². The van der Waals surface area contributed by atoms with Crippen molar-refractivity contribution in [1.82, 2.24) is 0 Å². The normalized spacial score (nSPS) is 20.0. The van der Waals surface area contributed by atoms with Crippen LogP contribution < -0.4 is 10.1 Å². The Hall–Kier alpha value is -2.60. The Kier molecular flexibility index (Phi) is 5.50. The zero-order chi connectivity index (χ0) is 17.6. The Morgan fingerprint density at radius 1 is 1.08 bits per heavy atom. The fourth-order valence-electron chi connectivity index (χ4n) is 2.98. The van der Waals surface area contributed by atoms with Crippen LogP contribution in [0.4, 0.5) is 11.4 Å². The summed E-state index contributed by atoms with van der Waals surface area (Å²) in [7, 11) is 0. The maximum atomic E-state index is 10.6. The third-order valence-corrected chi connectivity index (χ3v) is 4.45. The van der Waals surface area contributed by atoms with Crippen molar-refractivity contribution < 1.29 is 14.8 Å². The third kappa shape index (κ3) is 4.70. The van der Waals surface area contributed by atoms with Crippen molar-refractivity contribution in [2.45, 2.75) is 44.4 Å². The molecule has 1 aliphatic rings. The Morgan fingerprint density at radius 3 is 2.40 bits per heavy atom. The van der Waals surface area contributed by atoms with Gasteiger partial charge < -0.3 is 15.2 Å². The number of rotatable bonds is 6. The van der Waals surface area contributed by atoms with Crippen molar-refractivity contribution in [3.63, 3.8) is 0 Å². The van der Waals surface area contributed by atoms with Gasteiger partial charge in [0.05, 0.1) is 11.0 Å². The smallest absolute Gasteiger partial charge is 0.269 e. The van der Waals surface area contributed by atoms with Crippen molar-refractivity contribution in [2.24, 2.45) is 0 Å². The quantitative estimate of drug-likeness (QED) is 0.614. The molecule has 0 aromatic heterocycles. The van der Waals surface area contributed by atoms with E-state index in [1.807, 2.05) is 24.3 Å². The fourth-order valence-corrected chi connectivity index (χ4v) is 2.98. The molecular formula is C19H22N2O4. The van der Waals surface area contributed by atoms with Gasteiger partial charge in [-0.25, -0.2) is 0 Å². The highest BCUT2D eigenvalue weighted by atomic mass is 16.6. The van der Waals surface area contributed by atoms with Gasteiger partial charge in [0.1, 0.15) is 11.9 Å². The molecule has 1 saturated carbocycles. The molecule has 2 aromatic rings. The Labute approximate surface area is 146 Å². The average molecular weight is 342 g/mol. The van der Waals surface area contributed by atoms with Crippen molar-refractivity contribution >= 4 is 11.4 Å². The van der Waals surface area contributed by atoms with Crippen molar-refractivity contribution in [3.8, 4) is 5.75 Å². The molecule has 0 spiro atoms. The summed E-state index contributed by atoms with van der Waals surface area (Å²) in [5.41, 5.74) is 2.00. The summed E-state index contributed by atoms with van der Waals surface area (Å²) in [6.07, 6.45) is 3.35. The van der Waals surface area contributed by atoms with Crippen LogP contribution in [0.15, 0.2) is 48.5 Å². The van der Waals surface area contributed by atoms with E-state index in [0.717, 1.165) is 42.7 Å². The Bertz CT molecular complexity index is 700. The summed E-state index contributed by atoms with van der Waals surface area (Å²) in [6.45, 7) is 0.583. The fraction of sp³-hybridized carbons (Fsp3) is 0.368. The van der Waals surface area contributed by atoms with Gasteiger partial charge >= 0.3 is 0 Å². The summed E-state index contributed by atoms with van der Waals surface area (Å²) in [5.74, 6) is 0.756. The average Bonchev–Trinajstić information content (AvgIpc) is 2.63. The minimum Gasteiger partial charge on any atom is -0.488 e. The van der Waals surface area contributed by atoms with E-state index in [2.05, 4.69) is 5.32 Å². The number of anilines is 1. The van der Waals surface area contributed by atoms with E-state index >= 15 is 0 Å². The third-order valence-electron chi connectivity index (χ3n) is 4.45. The summed E-state index contributed by atoms with van der Waals surface area (Å²) < 4.78 is 5.88. The second-order valence-corrected chi connectivity index (χ2v) is 6.31. The van der Waals surface area contributed by atoms with Gasteiger partial charge in [-0.3, -0.25) is 10.1 Å². The highest BCUT2D eigenvalue weighted by Crippen LogP contribution is 2.25. The zero-order valence-corrected chi connectivity index (χ0v) is 13.9. The molecular weight excluding hydrogens is 320 g/mol. The first-order valence-electron chi connectivity index (χ1n) is 8.54. The van der Waals surface area contributed by atoms with Crippen molar-refractivity contribution in [2.75, 3.05) is 5.32 Å². The molecule has 2 N–H and O–H groups in total. The number of hydrogen-bond donors (Lipinski definition) is 2. The number of aliphatic hydroxyl groups excluding tert-OH is 1. The molecule has 25 heavy (non-hydrogen) atoms. The number of nitro benzene ring substituents is 1. The molecule has 2 atom stereocenters. The Balaban J connectivity index is 1.52. The largest absolute Gasteiger partial charge is 0.488 e. The van der Waals surface area contributed by atoms with E-state index in [1.165, 1.54) is 12.1 Å². The second-order valence-electron chi connectivity index (χ2n) is 6.31. The minimum absolute atomic E-state index is 0.0927. The first-order chi connectivity index (χ1) is 12.1. The first-order valence-corrected chi connectivity index (χ1v) is 8.54. The van der Waals surface area contributed by atoms with Gasteiger partial charge in [-0.2, -0.15) is 0 Å². The molecule has 0 aliphatic heterocycles. The van der Waals surface area contributed by atoms with Crippen LogP contribution in [-0.2, 0) is 6.54 Å². The van der Waals surface area contributed by atoms with E-state index in [4.69, 9.17) is 4.74 Å². The predicted molar refractivity (Wildman–Crippen MR) is 95.8 cm³/mol. The number of aliphatic hydroxyl groups is 1. The van der Waals surface area contributed by atoms with Crippen molar-refractivity contribution in [3.05, 3.63) is 64.2 Å². The number of benzene rings is 2. The van der Waals surface area contributed by atoms with Crippen LogP contribution in [-0.4, -0.2) is 22.2 Å². The van der Waals surface area contributed by atoms with E-state index < -0.39 is 4.92 Å². The highest BCUT2D eigenvalue weighted by molar-refractivity contribution is 5.47. The van der Waals surface area contributed by atoms with Gasteiger partial charge in [0.2, 0.25) is 0 Å². The Morgan fingerprint density at radius 2 is 1.76 bits per heavy atom. The van der Waals surface area contributed by atoms with E-state index in [-0.39, 0.29) is 17.9 Å². The number of hydrogen-bond acceptors (Lipinski definition) is 5. The maximum absolute atomic E-state index is 10.6.